The quantitative estimate of drug-likeness (QED) is 0.507. The topological polar surface area (TPSA) is 109 Å². The first-order chi connectivity index (χ1) is 19.6. The largest absolute Gasteiger partial charge is 0.483 e. The van der Waals surface area contributed by atoms with Crippen molar-refractivity contribution in [3.05, 3.63) is 58.5 Å². The molecule has 0 spiro atoms. The molecule has 3 aliphatic rings. The van der Waals surface area contributed by atoms with Crippen LogP contribution in [0.1, 0.15) is 100 Å². The first kappa shape index (κ1) is 21.5. The second-order valence-electron chi connectivity index (χ2n) is 10.8. The highest BCUT2D eigenvalue weighted by Gasteiger charge is 2.34. The van der Waals surface area contributed by atoms with Gasteiger partial charge in [0.05, 0.1) is 23.4 Å². The summed E-state index contributed by atoms with van der Waals surface area (Å²) in [4.78, 5) is 33.4. The zero-order valence-electron chi connectivity index (χ0n) is 24.5. The van der Waals surface area contributed by atoms with Crippen LogP contribution in [0, 0.1) is 6.85 Å². The summed E-state index contributed by atoms with van der Waals surface area (Å²) < 4.78 is 31.3. The van der Waals surface area contributed by atoms with Crippen molar-refractivity contribution in [2.75, 3.05) is 19.7 Å². The third-order valence-electron chi connectivity index (χ3n) is 8.10. The van der Waals surface area contributed by atoms with Crippen LogP contribution in [0.4, 0.5) is 0 Å². The molecule has 2 unspecified atom stereocenters. The summed E-state index contributed by atoms with van der Waals surface area (Å²) in [5, 5.41) is 17.8. The molecule has 1 aromatic carbocycles. The molecule has 9 nitrogen and oxygen atoms in total. The van der Waals surface area contributed by atoms with Gasteiger partial charge in [-0.2, -0.15) is 5.10 Å². The number of aromatic nitrogens is 3. The van der Waals surface area contributed by atoms with Crippen molar-refractivity contribution < 1.29 is 23.5 Å². The average molecular weight is 521 g/mol. The number of hydrogen-bond acceptors (Lipinski definition) is 6. The van der Waals surface area contributed by atoms with Crippen molar-refractivity contribution in [3.63, 3.8) is 0 Å². The predicted molar refractivity (Wildman–Crippen MR) is 141 cm³/mol. The Balaban J connectivity index is 1.46. The summed E-state index contributed by atoms with van der Waals surface area (Å²) in [5.74, 6) is -0.278. The lowest BCUT2D eigenvalue weighted by molar-refractivity contribution is -0.123. The number of aliphatic hydroxyl groups is 1. The molecule has 1 saturated heterocycles. The van der Waals surface area contributed by atoms with Gasteiger partial charge in [0, 0.05) is 46.5 Å². The van der Waals surface area contributed by atoms with Crippen LogP contribution in [0.15, 0.2) is 30.3 Å². The molecule has 200 valence electrons. The molecule has 38 heavy (non-hydrogen) atoms. The Labute approximate surface area is 226 Å². The van der Waals surface area contributed by atoms with E-state index in [0.717, 1.165) is 29.9 Å². The van der Waals surface area contributed by atoms with Crippen molar-refractivity contribution in [3.8, 4) is 5.75 Å². The molecule has 2 atom stereocenters. The van der Waals surface area contributed by atoms with Gasteiger partial charge in [-0.1, -0.05) is 18.6 Å². The average Bonchev–Trinajstić information content (AvgIpc) is 3.36. The Kier molecular flexibility index (Phi) is 5.66. The zero-order valence-corrected chi connectivity index (χ0v) is 21.5. The van der Waals surface area contributed by atoms with Gasteiger partial charge in [-0.3, -0.25) is 9.59 Å². The molecule has 2 bridgehead atoms. The molecule has 2 amide bonds. The first-order valence-corrected chi connectivity index (χ1v) is 13.5. The molecular formula is C29H35N5O4. The lowest BCUT2D eigenvalue weighted by Gasteiger charge is -2.35. The number of carbonyl (C=O) groups is 2. The van der Waals surface area contributed by atoms with E-state index in [4.69, 9.17) is 18.9 Å². The third-order valence-corrected chi connectivity index (χ3v) is 8.10. The Bertz CT molecular complexity index is 1480. The number of nitrogens with one attached hydrogen (secondary N) is 1. The second-order valence-corrected chi connectivity index (χ2v) is 10.8. The highest BCUT2D eigenvalue weighted by atomic mass is 16.5. The monoisotopic (exact) mass is 520 g/mol. The minimum absolute atomic E-state index is 0.0322. The van der Waals surface area contributed by atoms with Crippen LogP contribution in [0.5, 0.6) is 5.75 Å². The highest BCUT2D eigenvalue weighted by Crippen LogP contribution is 2.38. The molecule has 1 saturated carbocycles. The van der Waals surface area contributed by atoms with Crippen LogP contribution in [0.3, 0.4) is 0 Å². The van der Waals surface area contributed by atoms with Crippen LogP contribution in [0.25, 0.3) is 5.65 Å². The summed E-state index contributed by atoms with van der Waals surface area (Å²) in [6.07, 6.45) is 4.15. The summed E-state index contributed by atoms with van der Waals surface area (Å²) in [7, 11) is 0. The van der Waals surface area contributed by atoms with E-state index >= 15 is 0 Å². The Morgan fingerprint density at radius 1 is 1.13 bits per heavy atom. The fourth-order valence-electron chi connectivity index (χ4n) is 5.82. The number of ether oxygens (including phenoxy) is 1. The van der Waals surface area contributed by atoms with Gasteiger partial charge in [-0.25, -0.2) is 9.50 Å². The van der Waals surface area contributed by atoms with E-state index < -0.39 is 6.85 Å². The maximum atomic E-state index is 14.1. The van der Waals surface area contributed by atoms with Gasteiger partial charge in [0.15, 0.2) is 12.3 Å². The second kappa shape index (κ2) is 10.0. The smallest absolute Gasteiger partial charge is 0.258 e. The van der Waals surface area contributed by atoms with Gasteiger partial charge < -0.3 is 20.1 Å². The van der Waals surface area contributed by atoms with Crippen LogP contribution in [-0.4, -0.2) is 62.2 Å². The Morgan fingerprint density at radius 3 is 2.82 bits per heavy atom. The number of benzene rings is 1. The molecule has 3 aromatic rings. The van der Waals surface area contributed by atoms with E-state index in [1.54, 1.807) is 4.90 Å². The van der Waals surface area contributed by atoms with Gasteiger partial charge in [0.1, 0.15) is 5.75 Å². The fraction of sp³-hybridized carbons (Fsp3) is 0.517. The maximum Gasteiger partial charge on any atom is 0.258 e. The van der Waals surface area contributed by atoms with Crippen molar-refractivity contribution >= 4 is 17.5 Å². The van der Waals surface area contributed by atoms with E-state index in [-0.39, 0.29) is 59.3 Å². The van der Waals surface area contributed by atoms with Crippen molar-refractivity contribution in [1.82, 2.24) is 24.8 Å². The number of carbonyl (C=O) groups excluding carboxylic acids is 2. The molecule has 4 heterocycles. The fourth-order valence-corrected chi connectivity index (χ4v) is 5.82. The van der Waals surface area contributed by atoms with Gasteiger partial charge in [-0.05, 0) is 63.6 Å². The van der Waals surface area contributed by atoms with E-state index in [0.29, 0.717) is 44.4 Å². The molecule has 2 aliphatic heterocycles. The van der Waals surface area contributed by atoms with Gasteiger partial charge in [-0.15, -0.1) is 0 Å². The van der Waals surface area contributed by atoms with Crippen LogP contribution in [0.2, 0.25) is 0 Å². The molecule has 9 heteroatoms. The molecule has 0 radical (unpaired) electrons. The summed E-state index contributed by atoms with van der Waals surface area (Å²) >= 11 is 0. The number of aliphatic hydroxyl groups excluding tert-OH is 1. The highest BCUT2D eigenvalue weighted by molar-refractivity contribution is 5.97. The van der Waals surface area contributed by atoms with Gasteiger partial charge >= 0.3 is 0 Å². The lowest BCUT2D eigenvalue weighted by atomic mass is 9.79. The number of aryl methyl sites for hydroxylation is 1. The number of amides is 2. The molecule has 2 fully saturated rings. The normalized spacial score (nSPS) is 27.8. The molecule has 6 rings (SSSR count). The van der Waals surface area contributed by atoms with E-state index in [9.17, 15) is 14.7 Å². The van der Waals surface area contributed by atoms with E-state index in [1.807, 2.05) is 10.6 Å². The van der Waals surface area contributed by atoms with Crippen LogP contribution in [-0.2, 0) is 4.79 Å². The van der Waals surface area contributed by atoms with E-state index in [1.165, 1.54) is 18.2 Å². The lowest BCUT2D eigenvalue weighted by Crippen LogP contribution is -2.39. The van der Waals surface area contributed by atoms with Crippen molar-refractivity contribution in [2.24, 2.45) is 0 Å². The molecule has 1 aliphatic carbocycles. The van der Waals surface area contributed by atoms with Crippen molar-refractivity contribution in [2.45, 2.75) is 76.3 Å². The Hall–Kier alpha value is -3.46. The summed E-state index contributed by atoms with van der Waals surface area (Å²) in [6, 6.07) is 7.93. The number of fused-ring (bicyclic) bond motifs is 4. The number of piperidine rings is 1. The third kappa shape index (κ3) is 4.64. The molecule has 2 N–H and O–H groups in total. The van der Waals surface area contributed by atoms with Gasteiger partial charge in [0.2, 0.25) is 0 Å². The minimum atomic E-state index is -2.40. The summed E-state index contributed by atoms with van der Waals surface area (Å²) in [6.45, 7) is 0.295. The SMILES string of the molecule is [2H]C([2H])([2H])c1ccc2c(c1)C(=O)N1CCCCC1c1cc3nc(C4CC(O)C4)cc(n3n1)C(C)CCNC(=O)CO2. The first-order valence-electron chi connectivity index (χ1n) is 15.0. The van der Waals surface area contributed by atoms with Crippen LogP contribution < -0.4 is 10.1 Å². The number of hydrogen-bond donors (Lipinski definition) is 2. The maximum absolute atomic E-state index is 14.1. The standard InChI is InChI=1S/C29H35N5O4/c1-17-6-7-26-21(11-17)29(37)33-10-4-3-5-24(33)23-15-27-31-22(19-12-20(35)13-19)14-25(34(27)32-23)18(2)8-9-30-28(36)16-38-26/h6-7,11,14-15,18-20,24,35H,3-5,8-10,12-13,16H2,1-2H3,(H,30,36)/i1D3. The van der Waals surface area contributed by atoms with Gasteiger partial charge in [0.25, 0.3) is 11.8 Å². The molecule has 2 aromatic heterocycles. The summed E-state index contributed by atoms with van der Waals surface area (Å²) in [5.41, 5.74) is 3.48. The zero-order chi connectivity index (χ0) is 28.9. The minimum Gasteiger partial charge on any atom is -0.483 e. The van der Waals surface area contributed by atoms with E-state index in [2.05, 4.69) is 18.3 Å². The molecular weight excluding hydrogens is 482 g/mol. The Morgan fingerprint density at radius 2 is 2.00 bits per heavy atom. The number of rotatable bonds is 1. The van der Waals surface area contributed by atoms with Crippen LogP contribution >= 0.6 is 0 Å². The predicted octanol–water partition coefficient (Wildman–Crippen LogP) is 3.65. The van der Waals surface area contributed by atoms with Crippen molar-refractivity contribution in [1.29, 1.82) is 0 Å². The number of nitrogens with zero attached hydrogens (tertiary/aromatic N) is 4.